The SMILES string of the molecule is C[C@@H](O)c1ccc2c(c1)ncn2-c1cccc(-c2ccccc2C(N)=O)c1. The second-order valence-electron chi connectivity index (χ2n) is 6.50. The average Bonchev–Trinajstić information content (AvgIpc) is 3.11. The summed E-state index contributed by atoms with van der Waals surface area (Å²) in [4.78, 5) is 16.2. The summed E-state index contributed by atoms with van der Waals surface area (Å²) in [7, 11) is 0. The van der Waals surface area contributed by atoms with Crippen molar-refractivity contribution in [3.8, 4) is 16.8 Å². The molecule has 0 unspecified atom stereocenters. The predicted molar refractivity (Wildman–Crippen MR) is 106 cm³/mol. The molecule has 1 atom stereocenters. The van der Waals surface area contributed by atoms with Gasteiger partial charge in [0.1, 0.15) is 6.33 Å². The first-order chi connectivity index (χ1) is 13.0. The molecule has 1 heterocycles. The van der Waals surface area contributed by atoms with Gasteiger partial charge in [0, 0.05) is 11.3 Å². The number of benzene rings is 3. The molecule has 3 aromatic carbocycles. The molecule has 27 heavy (non-hydrogen) atoms. The molecule has 4 aromatic rings. The number of imidazole rings is 1. The van der Waals surface area contributed by atoms with Crippen LogP contribution in [0.25, 0.3) is 27.8 Å². The summed E-state index contributed by atoms with van der Waals surface area (Å²) in [5, 5.41) is 9.77. The highest BCUT2D eigenvalue weighted by atomic mass is 16.3. The Hall–Kier alpha value is -3.44. The van der Waals surface area contributed by atoms with Crippen LogP contribution in [-0.4, -0.2) is 20.6 Å². The largest absolute Gasteiger partial charge is 0.389 e. The van der Waals surface area contributed by atoms with Crippen molar-refractivity contribution in [3.63, 3.8) is 0 Å². The van der Waals surface area contributed by atoms with Crippen LogP contribution in [-0.2, 0) is 0 Å². The monoisotopic (exact) mass is 357 g/mol. The van der Waals surface area contributed by atoms with Gasteiger partial charge in [0.05, 0.1) is 17.1 Å². The molecule has 1 amide bonds. The van der Waals surface area contributed by atoms with Gasteiger partial charge in [-0.2, -0.15) is 0 Å². The number of hydrogen-bond donors (Lipinski definition) is 2. The van der Waals surface area contributed by atoms with Gasteiger partial charge >= 0.3 is 0 Å². The van der Waals surface area contributed by atoms with Crippen molar-refractivity contribution in [2.75, 3.05) is 0 Å². The molecule has 134 valence electrons. The van der Waals surface area contributed by atoms with E-state index in [0.717, 1.165) is 33.4 Å². The molecule has 0 aliphatic rings. The second kappa shape index (κ2) is 6.70. The van der Waals surface area contributed by atoms with Crippen molar-refractivity contribution < 1.29 is 9.90 Å². The number of nitrogens with zero attached hydrogens (tertiary/aromatic N) is 2. The molecule has 3 N–H and O–H groups in total. The summed E-state index contributed by atoms with van der Waals surface area (Å²) < 4.78 is 1.98. The summed E-state index contributed by atoms with van der Waals surface area (Å²) in [6, 6.07) is 20.9. The van der Waals surface area contributed by atoms with E-state index in [1.54, 1.807) is 25.4 Å². The Kier molecular flexibility index (Phi) is 4.22. The molecule has 0 saturated carbocycles. The quantitative estimate of drug-likeness (QED) is 0.582. The normalized spacial score (nSPS) is 12.2. The van der Waals surface area contributed by atoms with Gasteiger partial charge in [0.15, 0.2) is 0 Å². The number of hydrogen-bond acceptors (Lipinski definition) is 3. The number of aliphatic hydroxyl groups is 1. The van der Waals surface area contributed by atoms with E-state index < -0.39 is 12.0 Å². The van der Waals surface area contributed by atoms with E-state index in [9.17, 15) is 9.90 Å². The van der Waals surface area contributed by atoms with Crippen molar-refractivity contribution in [2.45, 2.75) is 13.0 Å². The van der Waals surface area contributed by atoms with Gasteiger partial charge in [-0.15, -0.1) is 0 Å². The van der Waals surface area contributed by atoms with Crippen LogP contribution in [0, 0.1) is 0 Å². The van der Waals surface area contributed by atoms with E-state index in [4.69, 9.17) is 5.73 Å². The Bertz CT molecular complexity index is 1150. The van der Waals surface area contributed by atoms with E-state index in [1.807, 2.05) is 59.2 Å². The Balaban J connectivity index is 1.82. The van der Waals surface area contributed by atoms with Crippen LogP contribution in [0.1, 0.15) is 28.9 Å². The number of fused-ring (bicyclic) bond motifs is 1. The number of carbonyl (C=O) groups excluding carboxylic acids is 1. The summed E-state index contributed by atoms with van der Waals surface area (Å²) >= 11 is 0. The van der Waals surface area contributed by atoms with Crippen LogP contribution >= 0.6 is 0 Å². The fraction of sp³-hybridized carbons (Fsp3) is 0.0909. The van der Waals surface area contributed by atoms with E-state index in [1.165, 1.54) is 0 Å². The molecule has 4 rings (SSSR count). The number of aromatic nitrogens is 2. The minimum atomic E-state index is -0.534. The minimum absolute atomic E-state index is 0.449. The van der Waals surface area contributed by atoms with Crippen LogP contribution in [0.5, 0.6) is 0 Å². The Morgan fingerprint density at radius 1 is 1.07 bits per heavy atom. The van der Waals surface area contributed by atoms with Crippen LogP contribution in [0.15, 0.2) is 73.1 Å². The van der Waals surface area contributed by atoms with Gasteiger partial charge in [-0.25, -0.2) is 4.98 Å². The van der Waals surface area contributed by atoms with Crippen LogP contribution in [0.4, 0.5) is 0 Å². The highest BCUT2D eigenvalue weighted by molar-refractivity contribution is 6.00. The summed E-state index contributed by atoms with van der Waals surface area (Å²) in [5.41, 5.74) is 11.2. The minimum Gasteiger partial charge on any atom is -0.389 e. The third kappa shape index (κ3) is 3.09. The highest BCUT2D eigenvalue weighted by Crippen LogP contribution is 2.27. The van der Waals surface area contributed by atoms with Crippen LogP contribution in [0.2, 0.25) is 0 Å². The smallest absolute Gasteiger partial charge is 0.249 e. The lowest BCUT2D eigenvalue weighted by atomic mass is 9.99. The Morgan fingerprint density at radius 2 is 1.89 bits per heavy atom. The third-order valence-electron chi connectivity index (χ3n) is 4.68. The third-order valence-corrected chi connectivity index (χ3v) is 4.68. The van der Waals surface area contributed by atoms with Gasteiger partial charge in [-0.05, 0) is 53.9 Å². The Morgan fingerprint density at radius 3 is 2.67 bits per heavy atom. The molecular weight excluding hydrogens is 338 g/mol. The van der Waals surface area contributed by atoms with Gasteiger partial charge in [0.25, 0.3) is 0 Å². The number of amides is 1. The maximum absolute atomic E-state index is 11.8. The van der Waals surface area contributed by atoms with Crippen molar-refractivity contribution >= 4 is 16.9 Å². The van der Waals surface area contributed by atoms with E-state index in [-0.39, 0.29) is 0 Å². The maximum atomic E-state index is 11.8. The van der Waals surface area contributed by atoms with E-state index >= 15 is 0 Å². The van der Waals surface area contributed by atoms with Crippen molar-refractivity contribution in [1.82, 2.24) is 9.55 Å². The molecule has 0 aliphatic heterocycles. The number of nitrogens with two attached hydrogens (primary N) is 1. The second-order valence-corrected chi connectivity index (χ2v) is 6.50. The lowest BCUT2D eigenvalue weighted by Gasteiger charge is -2.10. The summed E-state index contributed by atoms with van der Waals surface area (Å²) in [6.07, 6.45) is 1.23. The number of rotatable bonds is 4. The topological polar surface area (TPSA) is 81.1 Å². The number of primary amides is 1. The fourth-order valence-corrected chi connectivity index (χ4v) is 3.27. The molecule has 0 bridgehead atoms. The summed E-state index contributed by atoms with van der Waals surface area (Å²) in [6.45, 7) is 1.73. The predicted octanol–water partition coefficient (Wildman–Crippen LogP) is 3.84. The zero-order valence-electron chi connectivity index (χ0n) is 14.8. The van der Waals surface area contributed by atoms with E-state index in [0.29, 0.717) is 5.56 Å². The molecule has 5 nitrogen and oxygen atoms in total. The molecular formula is C22H19N3O2. The van der Waals surface area contributed by atoms with Crippen LogP contribution < -0.4 is 5.73 Å². The molecule has 0 spiro atoms. The van der Waals surface area contributed by atoms with Gasteiger partial charge in [0.2, 0.25) is 5.91 Å². The molecule has 0 saturated heterocycles. The maximum Gasteiger partial charge on any atom is 0.249 e. The fourth-order valence-electron chi connectivity index (χ4n) is 3.27. The first kappa shape index (κ1) is 17.0. The Labute approximate surface area is 156 Å². The first-order valence-corrected chi connectivity index (χ1v) is 8.69. The zero-order chi connectivity index (χ0) is 19.0. The van der Waals surface area contributed by atoms with Crippen molar-refractivity contribution in [1.29, 1.82) is 0 Å². The standard InChI is InChI=1S/C22H19N3O2/c1-14(26)15-9-10-21-20(12-15)24-13-25(21)17-6-4-5-16(11-17)18-7-2-3-8-19(18)22(23)27/h2-14,26H,1H3,(H2,23,27)/t14-/m1/s1. The number of carbonyl (C=O) groups is 1. The average molecular weight is 357 g/mol. The van der Waals surface area contributed by atoms with Crippen LogP contribution in [0.3, 0.4) is 0 Å². The molecule has 0 radical (unpaired) electrons. The lowest BCUT2D eigenvalue weighted by molar-refractivity contribution is 0.100. The molecule has 5 heteroatoms. The van der Waals surface area contributed by atoms with Gasteiger partial charge in [-0.3, -0.25) is 9.36 Å². The molecule has 0 fully saturated rings. The lowest BCUT2D eigenvalue weighted by Crippen LogP contribution is -2.12. The van der Waals surface area contributed by atoms with Gasteiger partial charge in [-0.1, -0.05) is 36.4 Å². The van der Waals surface area contributed by atoms with E-state index in [2.05, 4.69) is 4.98 Å². The first-order valence-electron chi connectivity index (χ1n) is 8.69. The van der Waals surface area contributed by atoms with Crippen molar-refractivity contribution in [3.05, 3.63) is 84.2 Å². The molecule has 0 aliphatic carbocycles. The van der Waals surface area contributed by atoms with Crippen molar-refractivity contribution in [2.24, 2.45) is 5.73 Å². The highest BCUT2D eigenvalue weighted by Gasteiger charge is 2.12. The molecule has 1 aromatic heterocycles. The zero-order valence-corrected chi connectivity index (χ0v) is 14.8. The summed E-state index contributed by atoms with van der Waals surface area (Å²) in [5.74, 6) is -0.449. The van der Waals surface area contributed by atoms with Gasteiger partial charge < -0.3 is 10.8 Å². The number of aliphatic hydroxyl groups excluding tert-OH is 1.